The summed E-state index contributed by atoms with van der Waals surface area (Å²) in [5, 5.41) is 0.260. The Kier molecular flexibility index (Phi) is 6.26. The summed E-state index contributed by atoms with van der Waals surface area (Å²) in [5.41, 5.74) is 5.98. The van der Waals surface area contributed by atoms with Crippen LogP contribution in [-0.4, -0.2) is 51.4 Å². The van der Waals surface area contributed by atoms with Crippen molar-refractivity contribution in [3.63, 3.8) is 0 Å². The molecule has 0 heterocycles. The first-order valence-corrected chi connectivity index (χ1v) is 8.30. The summed E-state index contributed by atoms with van der Waals surface area (Å²) in [6, 6.07) is 4.41. The van der Waals surface area contributed by atoms with E-state index < -0.39 is 10.0 Å². The smallest absolute Gasteiger partial charge is 0.243 e. The summed E-state index contributed by atoms with van der Waals surface area (Å²) >= 11 is 5.90. The molecule has 0 aliphatic rings. The summed E-state index contributed by atoms with van der Waals surface area (Å²) in [6.45, 7) is 3.58. The van der Waals surface area contributed by atoms with Gasteiger partial charge in [-0.05, 0) is 45.3 Å². The molecule has 2 N–H and O–H groups in total. The Hall–Kier alpha value is -0.820. The molecule has 1 rings (SSSR count). The Morgan fingerprint density at radius 2 is 1.90 bits per heavy atom. The van der Waals surface area contributed by atoms with Crippen molar-refractivity contribution >= 4 is 27.3 Å². The zero-order chi connectivity index (χ0) is 15.3. The van der Waals surface area contributed by atoms with Crippen LogP contribution in [0.3, 0.4) is 0 Å². The maximum Gasteiger partial charge on any atom is 0.243 e. The lowest BCUT2D eigenvalue weighted by molar-refractivity contribution is 0.356. The zero-order valence-corrected chi connectivity index (χ0v) is 13.7. The summed E-state index contributed by atoms with van der Waals surface area (Å²) in [4.78, 5) is 2.21. The Balaban J connectivity index is 2.91. The molecule has 1 aromatic rings. The van der Waals surface area contributed by atoms with Crippen LogP contribution in [0.4, 0.5) is 5.69 Å². The summed E-state index contributed by atoms with van der Waals surface area (Å²) in [5.74, 6) is 0. The van der Waals surface area contributed by atoms with Gasteiger partial charge in [-0.25, -0.2) is 8.42 Å². The quantitative estimate of drug-likeness (QED) is 0.779. The van der Waals surface area contributed by atoms with Gasteiger partial charge in [-0.2, -0.15) is 4.31 Å². The monoisotopic (exact) mass is 319 g/mol. The van der Waals surface area contributed by atoms with Gasteiger partial charge in [-0.3, -0.25) is 0 Å². The van der Waals surface area contributed by atoms with Crippen LogP contribution in [0.1, 0.15) is 13.3 Å². The molecule has 0 saturated heterocycles. The van der Waals surface area contributed by atoms with Crippen LogP contribution >= 0.6 is 11.6 Å². The molecule has 7 heteroatoms. The van der Waals surface area contributed by atoms with E-state index in [-0.39, 0.29) is 9.92 Å². The minimum atomic E-state index is -3.51. The van der Waals surface area contributed by atoms with Crippen molar-refractivity contribution in [3.8, 4) is 0 Å². The molecule has 0 atom stereocenters. The van der Waals surface area contributed by atoms with E-state index in [0.717, 1.165) is 13.0 Å². The lowest BCUT2D eigenvalue weighted by atomic mass is 10.3. The third-order valence-corrected chi connectivity index (χ3v) is 5.27. The first-order valence-electron chi connectivity index (χ1n) is 6.49. The molecule has 0 unspecified atom stereocenters. The first kappa shape index (κ1) is 17.2. The first-order chi connectivity index (χ1) is 9.28. The van der Waals surface area contributed by atoms with Gasteiger partial charge in [0.2, 0.25) is 10.0 Å². The molecule has 0 aliphatic heterocycles. The van der Waals surface area contributed by atoms with Crippen LogP contribution in [0.15, 0.2) is 23.1 Å². The molecule has 0 aliphatic carbocycles. The van der Waals surface area contributed by atoms with E-state index in [0.29, 0.717) is 18.8 Å². The number of benzene rings is 1. The second-order valence-electron chi connectivity index (χ2n) is 4.84. The van der Waals surface area contributed by atoms with Crippen molar-refractivity contribution in [2.75, 3.05) is 39.5 Å². The Labute approximate surface area is 126 Å². The molecular weight excluding hydrogens is 298 g/mol. The van der Waals surface area contributed by atoms with Crippen LogP contribution in [0.25, 0.3) is 0 Å². The molecule has 20 heavy (non-hydrogen) atoms. The second-order valence-corrected chi connectivity index (χ2v) is 7.18. The fraction of sp³-hybridized carbons (Fsp3) is 0.538. The molecule has 114 valence electrons. The molecule has 0 saturated carbocycles. The molecule has 5 nitrogen and oxygen atoms in total. The average Bonchev–Trinajstić information content (AvgIpc) is 2.37. The van der Waals surface area contributed by atoms with Crippen molar-refractivity contribution in [1.29, 1.82) is 0 Å². The van der Waals surface area contributed by atoms with E-state index in [1.165, 1.54) is 22.5 Å². The number of hydrogen-bond acceptors (Lipinski definition) is 4. The van der Waals surface area contributed by atoms with Gasteiger partial charge in [0, 0.05) is 13.1 Å². The van der Waals surface area contributed by atoms with Crippen molar-refractivity contribution in [2.45, 2.75) is 18.2 Å². The standard InChI is InChI=1S/C13H22ClN3O2S/c1-4-17(9-5-8-16(2)3)20(18,19)11-6-7-13(15)12(14)10-11/h6-7,10H,4-5,8-9,15H2,1-3H3. The summed E-state index contributed by atoms with van der Waals surface area (Å²) in [7, 11) is 0.412. The normalized spacial score (nSPS) is 12.3. The van der Waals surface area contributed by atoms with E-state index in [1.807, 2.05) is 25.9 Å². The average molecular weight is 320 g/mol. The zero-order valence-electron chi connectivity index (χ0n) is 12.1. The van der Waals surface area contributed by atoms with Crippen LogP contribution < -0.4 is 5.73 Å². The topological polar surface area (TPSA) is 66.6 Å². The highest BCUT2D eigenvalue weighted by Gasteiger charge is 2.23. The number of nitrogens with zero attached hydrogens (tertiary/aromatic N) is 2. The highest BCUT2D eigenvalue weighted by atomic mass is 35.5. The highest BCUT2D eigenvalue weighted by Crippen LogP contribution is 2.24. The Morgan fingerprint density at radius 3 is 2.40 bits per heavy atom. The van der Waals surface area contributed by atoms with Crippen LogP contribution in [0.5, 0.6) is 0 Å². The van der Waals surface area contributed by atoms with Crippen molar-refractivity contribution in [1.82, 2.24) is 9.21 Å². The van der Waals surface area contributed by atoms with Gasteiger partial charge >= 0.3 is 0 Å². The van der Waals surface area contributed by atoms with Gasteiger partial charge in [0.15, 0.2) is 0 Å². The molecule has 0 amide bonds. The van der Waals surface area contributed by atoms with E-state index in [1.54, 1.807) is 0 Å². The number of rotatable bonds is 7. The predicted molar refractivity (Wildman–Crippen MR) is 83.5 cm³/mol. The van der Waals surface area contributed by atoms with Gasteiger partial charge in [0.25, 0.3) is 0 Å². The Bertz CT molecular complexity index is 547. The van der Waals surface area contributed by atoms with Crippen molar-refractivity contribution in [2.24, 2.45) is 0 Å². The lowest BCUT2D eigenvalue weighted by Crippen LogP contribution is -2.33. The van der Waals surface area contributed by atoms with E-state index in [2.05, 4.69) is 0 Å². The van der Waals surface area contributed by atoms with E-state index in [4.69, 9.17) is 17.3 Å². The van der Waals surface area contributed by atoms with Gasteiger partial charge in [0.05, 0.1) is 15.6 Å². The highest BCUT2D eigenvalue weighted by molar-refractivity contribution is 7.89. The van der Waals surface area contributed by atoms with Crippen molar-refractivity contribution in [3.05, 3.63) is 23.2 Å². The molecule has 0 fully saturated rings. The lowest BCUT2D eigenvalue weighted by Gasteiger charge is -2.21. The largest absolute Gasteiger partial charge is 0.398 e. The second kappa shape index (κ2) is 7.26. The van der Waals surface area contributed by atoms with Gasteiger partial charge in [-0.15, -0.1) is 0 Å². The fourth-order valence-corrected chi connectivity index (χ4v) is 3.59. The Morgan fingerprint density at radius 1 is 1.25 bits per heavy atom. The van der Waals surface area contributed by atoms with Gasteiger partial charge in [0.1, 0.15) is 0 Å². The number of nitrogens with two attached hydrogens (primary N) is 1. The minimum Gasteiger partial charge on any atom is -0.398 e. The number of anilines is 1. The predicted octanol–water partition coefficient (Wildman–Crippen LogP) is 1.88. The minimum absolute atomic E-state index is 0.184. The SMILES string of the molecule is CCN(CCCN(C)C)S(=O)(=O)c1ccc(N)c(Cl)c1. The maximum atomic E-state index is 12.5. The number of nitrogen functional groups attached to an aromatic ring is 1. The van der Waals surface area contributed by atoms with Gasteiger partial charge < -0.3 is 10.6 Å². The number of hydrogen-bond donors (Lipinski definition) is 1. The third kappa shape index (κ3) is 4.34. The molecule has 0 radical (unpaired) electrons. The molecule has 0 spiro atoms. The number of halogens is 1. The van der Waals surface area contributed by atoms with Gasteiger partial charge in [-0.1, -0.05) is 18.5 Å². The maximum absolute atomic E-state index is 12.5. The molecule has 0 aromatic heterocycles. The van der Waals surface area contributed by atoms with Crippen LogP contribution in [0, 0.1) is 0 Å². The van der Waals surface area contributed by atoms with E-state index in [9.17, 15) is 8.42 Å². The van der Waals surface area contributed by atoms with Crippen LogP contribution in [0.2, 0.25) is 5.02 Å². The molecular formula is C13H22ClN3O2S. The van der Waals surface area contributed by atoms with E-state index >= 15 is 0 Å². The molecule has 1 aromatic carbocycles. The van der Waals surface area contributed by atoms with Crippen LogP contribution in [-0.2, 0) is 10.0 Å². The third-order valence-electron chi connectivity index (χ3n) is 2.98. The summed E-state index contributed by atoms with van der Waals surface area (Å²) < 4.78 is 26.5. The fourth-order valence-electron chi connectivity index (χ4n) is 1.83. The molecule has 0 bridgehead atoms. The number of sulfonamides is 1. The van der Waals surface area contributed by atoms with Crippen molar-refractivity contribution < 1.29 is 8.42 Å². The summed E-state index contributed by atoms with van der Waals surface area (Å²) in [6.07, 6.45) is 0.781.